The minimum absolute atomic E-state index is 0.0489. The van der Waals surface area contributed by atoms with E-state index in [0.29, 0.717) is 50.1 Å². The van der Waals surface area contributed by atoms with Gasteiger partial charge in [0.05, 0.1) is 58.2 Å². The lowest BCUT2D eigenvalue weighted by Crippen LogP contribution is -2.65. The Kier molecular flexibility index (Phi) is 8.80. The first-order valence-corrected chi connectivity index (χ1v) is 30.7. The number of aromatic nitrogens is 1. The van der Waals surface area contributed by atoms with E-state index >= 15 is 0 Å². The third-order valence-electron chi connectivity index (χ3n) is 18.7. The molecule has 4 heterocycles. The Balaban J connectivity index is 1.16. The highest BCUT2D eigenvalue weighted by Gasteiger charge is 2.56. The molecule has 13 aromatic carbocycles. The molecule has 0 unspecified atom stereocenters. The van der Waals surface area contributed by atoms with Gasteiger partial charge in [0.15, 0.2) is 0 Å². The van der Waals surface area contributed by atoms with Crippen LogP contribution in [-0.2, 0) is 16.2 Å². The van der Waals surface area contributed by atoms with Gasteiger partial charge in [0.25, 0.3) is 0 Å². The van der Waals surface area contributed by atoms with Gasteiger partial charge >= 0.3 is 0 Å². The molecule has 14 aromatic rings. The molecule has 0 fully saturated rings. The van der Waals surface area contributed by atoms with Crippen LogP contribution in [-0.4, -0.2) is 11.3 Å². The van der Waals surface area contributed by atoms with Crippen molar-refractivity contribution in [1.29, 1.82) is 0 Å². The summed E-state index contributed by atoms with van der Waals surface area (Å²) in [6.07, 6.45) is 0. The molecule has 0 saturated heterocycles. The number of para-hydroxylation sites is 4. The van der Waals surface area contributed by atoms with Crippen molar-refractivity contribution in [3.8, 4) is 50.2 Å². The zero-order valence-corrected chi connectivity index (χ0v) is 50.9. The Bertz CT molecular complexity index is 6100. The quantitative estimate of drug-likeness (QED) is 0.147. The maximum Gasteiger partial charge on any atom is 0.247 e. The predicted molar refractivity (Wildman–Crippen MR) is 386 cm³/mol. The highest BCUT2D eigenvalue weighted by atomic mass is 15.2. The van der Waals surface area contributed by atoms with E-state index in [4.69, 9.17) is 8.22 Å². The highest BCUT2D eigenvalue weighted by Crippen LogP contribution is 2.61. The van der Waals surface area contributed by atoms with Crippen molar-refractivity contribution in [3.05, 3.63) is 336 Å². The van der Waals surface area contributed by atoms with Gasteiger partial charge in [0, 0.05) is 44.6 Å². The SMILES string of the molecule is [2H]c1c([2H])c([2H])c(-c2ccc3c(c2)B2c4ccc(-c5c([2H])c([2H])c([2H])c([2H])c5[2H])cc4N(c4c(-c5ccccc5)cc(C(C)(C)C)cc4-c4ccccc4)c4cc(-n5c6c([2H])c([2H])c([2H])c([2H])c6c6c([2H])c([2H])c([2H])c([2H])c65)cc(c42)C32c3ccccc3N(c3cccc(C(C)(C)C)c3)c3ccccc32)c([2H])c1[2H]. The van der Waals surface area contributed by atoms with E-state index in [1.165, 1.54) is 0 Å². The van der Waals surface area contributed by atoms with E-state index in [1.54, 1.807) is 16.7 Å². The van der Waals surface area contributed by atoms with Crippen LogP contribution in [0, 0.1) is 0 Å². The summed E-state index contributed by atoms with van der Waals surface area (Å²) in [5.74, 6) is 0. The monoisotopic (exact) mass is 1180 g/mol. The van der Waals surface area contributed by atoms with Crippen molar-refractivity contribution in [2.75, 3.05) is 9.80 Å². The minimum atomic E-state index is -1.54. The van der Waals surface area contributed by atoms with Gasteiger partial charge in [-0.25, -0.2) is 0 Å². The smallest absolute Gasteiger partial charge is 0.247 e. The van der Waals surface area contributed by atoms with Crippen molar-refractivity contribution >= 4 is 79.0 Å². The van der Waals surface area contributed by atoms with Crippen LogP contribution in [0.3, 0.4) is 0 Å². The molecule has 3 aliphatic heterocycles. The summed E-state index contributed by atoms with van der Waals surface area (Å²) in [6.45, 7) is 12.0. The summed E-state index contributed by atoms with van der Waals surface area (Å²) >= 11 is 0. The number of hydrogen-bond acceptors (Lipinski definition) is 2. The summed E-state index contributed by atoms with van der Waals surface area (Å²) in [7, 11) is 0. The van der Waals surface area contributed by atoms with Crippen LogP contribution in [0.4, 0.5) is 34.1 Å². The van der Waals surface area contributed by atoms with Crippen LogP contribution >= 0.6 is 0 Å². The second kappa shape index (κ2) is 20.7. The fourth-order valence-corrected chi connectivity index (χ4v) is 14.6. The van der Waals surface area contributed by atoms with E-state index in [1.807, 2.05) is 121 Å². The predicted octanol–water partition coefficient (Wildman–Crippen LogP) is 20.8. The second-order valence-corrected chi connectivity index (χ2v) is 25.9. The maximum atomic E-state index is 10.1. The number of anilines is 6. The van der Waals surface area contributed by atoms with Gasteiger partial charge in [-0.15, -0.1) is 0 Å². The van der Waals surface area contributed by atoms with Gasteiger partial charge in [-0.05, 0) is 155 Å². The topological polar surface area (TPSA) is 11.4 Å². The van der Waals surface area contributed by atoms with E-state index in [9.17, 15) is 16.4 Å². The van der Waals surface area contributed by atoms with Gasteiger partial charge in [0.2, 0.25) is 6.71 Å². The maximum absolute atomic E-state index is 10.1. The fourth-order valence-electron chi connectivity index (χ4n) is 14.6. The molecule has 4 heteroatoms. The zero-order chi connectivity index (χ0) is 77.0. The molecule has 1 spiro atoms. The molecule has 0 atom stereocenters. The molecule has 1 aromatic heterocycles. The van der Waals surface area contributed by atoms with E-state index in [0.717, 1.165) is 61.6 Å². The number of benzene rings is 13. The Hall–Kier alpha value is -10.7. The summed E-state index contributed by atoms with van der Waals surface area (Å²) in [6, 6.07) is 54.5. The van der Waals surface area contributed by atoms with Gasteiger partial charge in [-0.3, -0.25) is 0 Å². The molecule has 3 aliphatic rings. The lowest BCUT2D eigenvalue weighted by molar-refractivity contribution is 0.590. The van der Waals surface area contributed by atoms with Crippen molar-refractivity contribution in [2.24, 2.45) is 0 Å². The molecule has 3 nitrogen and oxygen atoms in total. The van der Waals surface area contributed by atoms with Crippen LogP contribution < -0.4 is 26.2 Å². The van der Waals surface area contributed by atoms with Crippen LogP contribution in [0.25, 0.3) is 72.0 Å². The Morgan fingerprint density at radius 3 is 1.45 bits per heavy atom. The average molecular weight is 1180 g/mol. The summed E-state index contributed by atoms with van der Waals surface area (Å²) in [5.41, 5.74) is 11.7. The first-order valence-electron chi connectivity index (χ1n) is 39.7. The standard InChI is InChI=1S/C87H68BN3/c1-85(2,3)63-36-27-37-65(52-63)89-79-44-25-21-40-72(79)87(73-41-22-26-45-80(73)89)71-48-46-61(57-28-11-7-12-29-57)50-76(71)88-75-49-47-62(58-30-13-8-14-31-58)51-81(75)91(82-56-66(55-74(87)83(82)88)90-77-42-23-19-38-67(77)68-39-20-24-43-78(68)90)84-69(59-32-15-9-16-33-59)53-64(86(4,5)6)54-70(84)60-34-17-10-18-35-60/h7-56H,1-6H3/i7D,8D,11D,12D,13D,14D,19D,20D,23D,24D,28D,29D,30D,31D,38D,39D,42D,43D. The first kappa shape index (κ1) is 38.7. The van der Waals surface area contributed by atoms with Crippen molar-refractivity contribution in [3.63, 3.8) is 0 Å². The van der Waals surface area contributed by atoms with E-state index < -0.39 is 126 Å². The van der Waals surface area contributed by atoms with Crippen LogP contribution in [0.5, 0.6) is 0 Å². The van der Waals surface area contributed by atoms with Gasteiger partial charge in [0.1, 0.15) is 0 Å². The minimum Gasteiger partial charge on any atom is -0.310 e. The Morgan fingerprint density at radius 2 is 0.868 bits per heavy atom. The van der Waals surface area contributed by atoms with Gasteiger partial charge in [-0.1, -0.05) is 283 Å². The molecule has 0 amide bonds. The Morgan fingerprint density at radius 1 is 0.341 bits per heavy atom. The third-order valence-corrected chi connectivity index (χ3v) is 18.7. The summed E-state index contributed by atoms with van der Waals surface area (Å²) in [5, 5.41) is -0.278. The highest BCUT2D eigenvalue weighted by molar-refractivity contribution is 6.99. The zero-order valence-electron chi connectivity index (χ0n) is 68.9. The first-order chi connectivity index (χ1) is 51.9. The molecular weight excluding hydrogens is 1100 g/mol. The number of fused-ring (bicyclic) bond motifs is 13. The van der Waals surface area contributed by atoms with Crippen molar-refractivity contribution in [2.45, 2.75) is 57.8 Å². The average Bonchev–Trinajstić information content (AvgIpc) is 1.05. The molecule has 17 rings (SSSR count). The number of hydrogen-bond donors (Lipinski definition) is 0. The van der Waals surface area contributed by atoms with Crippen LogP contribution in [0.1, 0.15) is 99.6 Å². The largest absolute Gasteiger partial charge is 0.310 e. The molecule has 0 saturated carbocycles. The lowest BCUT2D eigenvalue weighted by Gasteiger charge is -2.52. The van der Waals surface area contributed by atoms with Gasteiger partial charge < -0.3 is 14.4 Å². The summed E-state index contributed by atoms with van der Waals surface area (Å²) in [4.78, 5) is 4.40. The number of rotatable bonds is 7. The molecule has 0 radical (unpaired) electrons. The third kappa shape index (κ3) is 8.42. The van der Waals surface area contributed by atoms with Crippen molar-refractivity contribution in [1.82, 2.24) is 4.57 Å². The van der Waals surface area contributed by atoms with E-state index in [-0.39, 0.29) is 49.6 Å². The summed E-state index contributed by atoms with van der Waals surface area (Å²) < 4.78 is 171. The Labute approximate surface area is 560 Å². The normalized spacial score (nSPS) is 16.4. The van der Waals surface area contributed by atoms with E-state index in [2.05, 4.69) is 112 Å². The van der Waals surface area contributed by atoms with Gasteiger partial charge in [-0.2, -0.15) is 0 Å². The molecule has 0 N–H and O–H groups in total. The number of nitrogens with zero attached hydrogens (tertiary/aromatic N) is 3. The second-order valence-electron chi connectivity index (χ2n) is 25.9. The lowest BCUT2D eigenvalue weighted by atomic mass is 9.29. The van der Waals surface area contributed by atoms with Crippen LogP contribution in [0.15, 0.2) is 303 Å². The molecule has 0 bridgehead atoms. The molecule has 91 heavy (non-hydrogen) atoms. The molecule has 0 aliphatic carbocycles. The van der Waals surface area contributed by atoms with Crippen LogP contribution in [0.2, 0.25) is 0 Å². The molecule has 434 valence electrons. The van der Waals surface area contributed by atoms with Crippen molar-refractivity contribution < 1.29 is 24.7 Å². The fraction of sp³-hybridized carbons (Fsp3) is 0.103. The molecular formula is C87H68BN3.